The Labute approximate surface area is 109 Å². The monoisotopic (exact) mass is 253 g/mol. The number of pyridine rings is 1. The lowest BCUT2D eigenvalue weighted by Crippen LogP contribution is -1.91. The Kier molecular flexibility index (Phi) is 2.52. The van der Waals surface area contributed by atoms with E-state index in [1.807, 2.05) is 31.2 Å². The molecular weight excluding hydrogens is 242 g/mol. The highest BCUT2D eigenvalue weighted by Crippen LogP contribution is 2.32. The highest BCUT2D eigenvalue weighted by atomic mass is 16.6. The van der Waals surface area contributed by atoms with Crippen LogP contribution in [0.5, 0.6) is 0 Å². The van der Waals surface area contributed by atoms with Crippen molar-refractivity contribution in [3.05, 3.63) is 58.5 Å². The number of H-pyrrole nitrogens is 1. The number of nitrogens with one attached hydrogen (secondary N) is 1. The predicted molar refractivity (Wildman–Crippen MR) is 72.9 cm³/mol. The van der Waals surface area contributed by atoms with Gasteiger partial charge in [0, 0.05) is 35.1 Å². The maximum absolute atomic E-state index is 11.2. The Hall–Kier alpha value is -2.69. The van der Waals surface area contributed by atoms with Gasteiger partial charge in [0.25, 0.3) is 5.69 Å². The van der Waals surface area contributed by atoms with Crippen LogP contribution in [0.1, 0.15) is 5.69 Å². The molecule has 2 aromatic heterocycles. The maximum Gasteiger partial charge on any atom is 0.293 e. The summed E-state index contributed by atoms with van der Waals surface area (Å²) < 4.78 is 0. The molecule has 0 aliphatic heterocycles. The molecule has 0 unspecified atom stereocenters. The molecule has 0 saturated carbocycles. The summed E-state index contributed by atoms with van der Waals surface area (Å²) in [4.78, 5) is 17.9. The summed E-state index contributed by atoms with van der Waals surface area (Å²) in [5.41, 5.74) is 3.22. The van der Waals surface area contributed by atoms with E-state index < -0.39 is 0 Å². The van der Waals surface area contributed by atoms with E-state index in [9.17, 15) is 10.1 Å². The normalized spacial score (nSPS) is 10.8. The van der Waals surface area contributed by atoms with Crippen LogP contribution in [-0.4, -0.2) is 14.9 Å². The lowest BCUT2D eigenvalue weighted by Gasteiger charge is -2.02. The van der Waals surface area contributed by atoms with E-state index in [-0.39, 0.29) is 10.6 Å². The molecular formula is C14H11N3O2. The first-order chi connectivity index (χ1) is 9.15. The SMILES string of the molecule is Cc1cc2cc(-c3cccnc3)cc([N+](=O)[O-])c2[nH]1. The molecule has 0 aliphatic rings. The first-order valence-electron chi connectivity index (χ1n) is 5.83. The van der Waals surface area contributed by atoms with E-state index in [1.165, 1.54) is 0 Å². The number of aromatic nitrogens is 2. The molecule has 2 heterocycles. The fraction of sp³-hybridized carbons (Fsp3) is 0.0714. The highest BCUT2D eigenvalue weighted by Gasteiger charge is 2.16. The molecule has 1 N–H and O–H groups in total. The van der Waals surface area contributed by atoms with E-state index in [0.29, 0.717) is 5.52 Å². The van der Waals surface area contributed by atoms with E-state index in [4.69, 9.17) is 0 Å². The average molecular weight is 253 g/mol. The molecule has 0 radical (unpaired) electrons. The standard InChI is InChI=1S/C14H11N3O2/c1-9-5-12-6-11(10-3-2-4-15-8-10)7-13(17(18)19)14(12)16-9/h2-8,16H,1H3. The Morgan fingerprint density at radius 3 is 2.79 bits per heavy atom. The van der Waals surface area contributed by atoms with Gasteiger partial charge in [-0.05, 0) is 30.7 Å². The fourth-order valence-corrected chi connectivity index (χ4v) is 2.21. The summed E-state index contributed by atoms with van der Waals surface area (Å²) in [5.74, 6) is 0. The minimum absolute atomic E-state index is 0.0875. The van der Waals surface area contributed by atoms with Gasteiger partial charge in [-0.1, -0.05) is 6.07 Å². The minimum Gasteiger partial charge on any atom is -0.353 e. The number of aryl methyl sites for hydroxylation is 1. The second-order valence-electron chi connectivity index (χ2n) is 4.41. The topological polar surface area (TPSA) is 71.8 Å². The lowest BCUT2D eigenvalue weighted by molar-refractivity contribution is -0.383. The quantitative estimate of drug-likeness (QED) is 0.561. The van der Waals surface area contributed by atoms with Gasteiger partial charge in [-0.15, -0.1) is 0 Å². The molecule has 0 fully saturated rings. The zero-order valence-corrected chi connectivity index (χ0v) is 10.3. The second-order valence-corrected chi connectivity index (χ2v) is 4.41. The summed E-state index contributed by atoms with van der Waals surface area (Å²) in [6.45, 7) is 1.88. The molecule has 0 aliphatic carbocycles. The summed E-state index contributed by atoms with van der Waals surface area (Å²) in [5, 5.41) is 12.0. The number of aromatic amines is 1. The van der Waals surface area contributed by atoms with Crippen molar-refractivity contribution >= 4 is 16.6 Å². The van der Waals surface area contributed by atoms with Crippen molar-refractivity contribution < 1.29 is 4.92 Å². The largest absolute Gasteiger partial charge is 0.353 e. The lowest BCUT2D eigenvalue weighted by atomic mass is 10.0. The third kappa shape index (κ3) is 1.95. The third-order valence-electron chi connectivity index (χ3n) is 3.03. The van der Waals surface area contributed by atoms with Gasteiger partial charge < -0.3 is 4.98 Å². The van der Waals surface area contributed by atoms with Crippen LogP contribution < -0.4 is 0 Å². The molecule has 3 aromatic rings. The van der Waals surface area contributed by atoms with Gasteiger partial charge in [-0.3, -0.25) is 15.1 Å². The van der Waals surface area contributed by atoms with Crippen molar-refractivity contribution in [3.63, 3.8) is 0 Å². The number of nitrogens with zero attached hydrogens (tertiary/aromatic N) is 2. The van der Waals surface area contributed by atoms with Crippen LogP contribution >= 0.6 is 0 Å². The van der Waals surface area contributed by atoms with E-state index in [0.717, 1.165) is 22.2 Å². The van der Waals surface area contributed by atoms with Gasteiger partial charge in [-0.2, -0.15) is 0 Å². The van der Waals surface area contributed by atoms with Crippen LogP contribution in [0, 0.1) is 17.0 Å². The van der Waals surface area contributed by atoms with Crippen molar-refractivity contribution in [2.24, 2.45) is 0 Å². The number of rotatable bonds is 2. The molecule has 0 bridgehead atoms. The van der Waals surface area contributed by atoms with Gasteiger partial charge in [0.05, 0.1) is 4.92 Å². The van der Waals surface area contributed by atoms with Gasteiger partial charge >= 0.3 is 0 Å². The second kappa shape index (κ2) is 4.20. The molecule has 3 rings (SSSR count). The van der Waals surface area contributed by atoms with Crippen LogP contribution in [0.2, 0.25) is 0 Å². The van der Waals surface area contributed by atoms with Crippen LogP contribution in [0.25, 0.3) is 22.0 Å². The van der Waals surface area contributed by atoms with E-state index in [2.05, 4.69) is 9.97 Å². The molecule has 0 amide bonds. The minimum atomic E-state index is -0.363. The molecule has 19 heavy (non-hydrogen) atoms. The van der Waals surface area contributed by atoms with Crippen LogP contribution in [-0.2, 0) is 0 Å². The Morgan fingerprint density at radius 2 is 2.11 bits per heavy atom. The third-order valence-corrected chi connectivity index (χ3v) is 3.03. The smallest absolute Gasteiger partial charge is 0.293 e. The van der Waals surface area contributed by atoms with Crippen molar-refractivity contribution in [1.29, 1.82) is 0 Å². The number of benzene rings is 1. The predicted octanol–water partition coefficient (Wildman–Crippen LogP) is 3.45. The Balaban J connectivity index is 2.30. The number of non-ortho nitro benzene ring substituents is 1. The van der Waals surface area contributed by atoms with Gasteiger partial charge in [0.2, 0.25) is 0 Å². The number of hydrogen-bond donors (Lipinski definition) is 1. The zero-order valence-electron chi connectivity index (χ0n) is 10.3. The number of hydrogen-bond acceptors (Lipinski definition) is 3. The summed E-state index contributed by atoms with van der Waals surface area (Å²) in [6.07, 6.45) is 3.38. The molecule has 0 atom stereocenters. The first kappa shape index (κ1) is 11.4. The molecule has 94 valence electrons. The summed E-state index contributed by atoms with van der Waals surface area (Å²) in [6, 6.07) is 9.12. The first-order valence-corrected chi connectivity index (χ1v) is 5.83. The van der Waals surface area contributed by atoms with E-state index in [1.54, 1.807) is 18.5 Å². The summed E-state index contributed by atoms with van der Waals surface area (Å²) >= 11 is 0. The van der Waals surface area contributed by atoms with Gasteiger partial charge in [0.1, 0.15) is 5.52 Å². The van der Waals surface area contributed by atoms with Gasteiger partial charge in [0.15, 0.2) is 0 Å². The molecule has 1 aromatic carbocycles. The van der Waals surface area contributed by atoms with Crippen molar-refractivity contribution in [2.75, 3.05) is 0 Å². The van der Waals surface area contributed by atoms with Crippen molar-refractivity contribution in [3.8, 4) is 11.1 Å². The maximum atomic E-state index is 11.2. The fourth-order valence-electron chi connectivity index (χ4n) is 2.21. The number of fused-ring (bicyclic) bond motifs is 1. The van der Waals surface area contributed by atoms with E-state index >= 15 is 0 Å². The van der Waals surface area contributed by atoms with Crippen LogP contribution in [0.4, 0.5) is 5.69 Å². The molecule has 5 nitrogen and oxygen atoms in total. The molecule has 5 heteroatoms. The highest BCUT2D eigenvalue weighted by molar-refractivity contribution is 5.93. The van der Waals surface area contributed by atoms with Gasteiger partial charge in [-0.25, -0.2) is 0 Å². The van der Waals surface area contributed by atoms with Crippen molar-refractivity contribution in [1.82, 2.24) is 9.97 Å². The molecule has 0 spiro atoms. The van der Waals surface area contributed by atoms with Crippen LogP contribution in [0.3, 0.4) is 0 Å². The summed E-state index contributed by atoms with van der Waals surface area (Å²) in [7, 11) is 0. The zero-order chi connectivity index (χ0) is 13.4. The average Bonchev–Trinajstić information content (AvgIpc) is 2.78. The molecule has 0 saturated heterocycles. The number of nitro benzene ring substituents is 1. The Morgan fingerprint density at radius 1 is 1.26 bits per heavy atom. The van der Waals surface area contributed by atoms with Crippen LogP contribution in [0.15, 0.2) is 42.7 Å². The Bertz CT molecular complexity index is 763. The van der Waals surface area contributed by atoms with Crippen molar-refractivity contribution in [2.45, 2.75) is 6.92 Å². The number of nitro groups is 1.